The highest BCUT2D eigenvalue weighted by Gasteiger charge is 2.44. The molecule has 4 heterocycles. The summed E-state index contributed by atoms with van der Waals surface area (Å²) in [6.45, 7) is 10.3. The van der Waals surface area contributed by atoms with Gasteiger partial charge in [-0.25, -0.2) is 9.67 Å². The Kier molecular flexibility index (Phi) is 6.02. The van der Waals surface area contributed by atoms with E-state index in [0.29, 0.717) is 19.1 Å². The molecule has 0 aromatic carbocycles. The lowest BCUT2D eigenvalue weighted by Gasteiger charge is -2.39. The van der Waals surface area contributed by atoms with E-state index in [-0.39, 0.29) is 16.9 Å². The maximum atomic E-state index is 12.7. The summed E-state index contributed by atoms with van der Waals surface area (Å²) in [4.78, 5) is 25.6. The zero-order valence-corrected chi connectivity index (χ0v) is 21.1. The molecule has 0 radical (unpaired) electrons. The summed E-state index contributed by atoms with van der Waals surface area (Å²) in [5.41, 5.74) is 3.30. The third kappa shape index (κ3) is 4.27. The van der Waals surface area contributed by atoms with Gasteiger partial charge >= 0.3 is 0 Å². The molecule has 2 fully saturated rings. The van der Waals surface area contributed by atoms with Crippen LogP contribution in [0.25, 0.3) is 11.0 Å². The number of fused-ring (bicyclic) bond motifs is 1. The summed E-state index contributed by atoms with van der Waals surface area (Å²) in [6, 6.07) is 0.464. The van der Waals surface area contributed by atoms with Crippen molar-refractivity contribution in [3.8, 4) is 0 Å². The lowest BCUT2D eigenvalue weighted by molar-refractivity contribution is -0.145. The van der Waals surface area contributed by atoms with Crippen LogP contribution in [-0.4, -0.2) is 56.0 Å². The summed E-state index contributed by atoms with van der Waals surface area (Å²) >= 11 is 0. The molecule has 2 aromatic heterocycles. The number of carbonyl (C=O) groups excluding carboxylic acids is 1. The van der Waals surface area contributed by atoms with Crippen LogP contribution in [0.3, 0.4) is 0 Å². The van der Waals surface area contributed by atoms with Gasteiger partial charge in [-0.1, -0.05) is 45.2 Å². The Bertz CT molecular complexity index is 1080. The number of rotatable bonds is 4. The first-order chi connectivity index (χ1) is 16.3. The van der Waals surface area contributed by atoms with E-state index >= 15 is 0 Å². The van der Waals surface area contributed by atoms with Crippen LogP contribution in [0.1, 0.15) is 84.6 Å². The highest BCUT2D eigenvalue weighted by atomic mass is 16.7. The number of piperidine rings is 1. The van der Waals surface area contributed by atoms with Gasteiger partial charge < -0.3 is 15.1 Å². The molecule has 3 aliphatic rings. The maximum absolute atomic E-state index is 12.7. The summed E-state index contributed by atoms with van der Waals surface area (Å²) in [5.74, 6) is 0.211. The summed E-state index contributed by atoms with van der Waals surface area (Å²) in [6.07, 6.45) is 12.5. The quantitative estimate of drug-likeness (QED) is 0.704. The first kappa shape index (κ1) is 23.1. The van der Waals surface area contributed by atoms with Gasteiger partial charge in [0.2, 0.25) is 5.91 Å². The molecule has 2 aromatic rings. The van der Waals surface area contributed by atoms with E-state index in [1.807, 2.05) is 42.7 Å². The lowest BCUT2D eigenvalue weighted by atomic mass is 9.84. The van der Waals surface area contributed by atoms with Crippen molar-refractivity contribution >= 4 is 28.3 Å². The van der Waals surface area contributed by atoms with Gasteiger partial charge in [0.15, 0.2) is 5.65 Å². The molecule has 5 rings (SSSR count). The van der Waals surface area contributed by atoms with E-state index in [0.717, 1.165) is 53.8 Å². The monoisotopic (exact) mass is 466 g/mol. The average Bonchev–Trinajstić information content (AvgIpc) is 3.44. The minimum Gasteiger partial charge on any atom is -0.388 e. The van der Waals surface area contributed by atoms with E-state index in [4.69, 9.17) is 9.82 Å². The molecule has 0 unspecified atom stereocenters. The average molecular weight is 467 g/mol. The van der Waals surface area contributed by atoms with Crippen molar-refractivity contribution in [2.24, 2.45) is 10.6 Å². The van der Waals surface area contributed by atoms with Crippen LogP contribution >= 0.6 is 0 Å². The molecule has 34 heavy (non-hydrogen) atoms. The molecule has 2 aliphatic heterocycles. The van der Waals surface area contributed by atoms with Gasteiger partial charge in [0.25, 0.3) is 0 Å². The fraction of sp³-hybridized carbons (Fsp3) is 0.692. The predicted octanol–water partition coefficient (Wildman–Crippen LogP) is 4.73. The highest BCUT2D eigenvalue weighted by molar-refractivity contribution is 6.10. The highest BCUT2D eigenvalue weighted by Crippen LogP contribution is 2.39. The van der Waals surface area contributed by atoms with Crippen molar-refractivity contribution < 1.29 is 9.63 Å². The molecular formula is C26H38N6O2. The van der Waals surface area contributed by atoms with E-state index in [1.165, 1.54) is 32.1 Å². The SMILES string of the molecule is CCn1ncc2c(NC3CCCCC3)c(C3=NOC4(CCN(C(=O)C(C)(C)C)CC4)C3)cnc21. The molecule has 1 saturated carbocycles. The minimum absolute atomic E-state index is 0.211. The number of amides is 1. The van der Waals surface area contributed by atoms with Crippen LogP contribution in [-0.2, 0) is 16.2 Å². The van der Waals surface area contributed by atoms with Gasteiger partial charge in [0, 0.05) is 62.1 Å². The number of aromatic nitrogens is 3. The van der Waals surface area contributed by atoms with E-state index in [2.05, 4.69) is 22.5 Å². The number of hydrogen-bond acceptors (Lipinski definition) is 6. The van der Waals surface area contributed by atoms with Crippen LogP contribution < -0.4 is 5.32 Å². The van der Waals surface area contributed by atoms with Crippen molar-refractivity contribution in [2.75, 3.05) is 18.4 Å². The van der Waals surface area contributed by atoms with Gasteiger partial charge in [-0.3, -0.25) is 4.79 Å². The molecule has 8 heteroatoms. The van der Waals surface area contributed by atoms with E-state index in [9.17, 15) is 4.79 Å². The standard InChI is InChI=1S/C26H38N6O2/c1-5-32-23-20(17-28-32)22(29-18-9-7-6-8-10-18)19(16-27-23)21-15-26(34-30-21)11-13-31(14-12-26)24(33)25(2,3)4/h16-18H,5-15H2,1-4H3,(H,27,29). The summed E-state index contributed by atoms with van der Waals surface area (Å²) < 4.78 is 1.95. The summed E-state index contributed by atoms with van der Waals surface area (Å²) in [7, 11) is 0. The molecule has 1 N–H and O–H groups in total. The van der Waals surface area contributed by atoms with Crippen molar-refractivity contribution in [1.82, 2.24) is 19.7 Å². The van der Waals surface area contributed by atoms with Gasteiger partial charge in [0.05, 0.1) is 23.0 Å². The topological polar surface area (TPSA) is 84.6 Å². The number of aryl methyl sites for hydroxylation is 1. The Balaban J connectivity index is 1.38. The number of carbonyl (C=O) groups is 1. The first-order valence-corrected chi connectivity index (χ1v) is 13.0. The fourth-order valence-electron chi connectivity index (χ4n) is 5.61. The molecule has 184 valence electrons. The van der Waals surface area contributed by atoms with Crippen molar-refractivity contribution in [3.05, 3.63) is 18.0 Å². The number of nitrogens with zero attached hydrogens (tertiary/aromatic N) is 5. The second kappa shape index (κ2) is 8.86. The number of pyridine rings is 1. The Morgan fingerprint density at radius 2 is 1.91 bits per heavy atom. The first-order valence-electron chi connectivity index (χ1n) is 13.0. The zero-order chi connectivity index (χ0) is 23.9. The normalized spacial score (nSPS) is 21.1. The fourth-order valence-corrected chi connectivity index (χ4v) is 5.61. The molecule has 0 bridgehead atoms. The number of hydrogen-bond donors (Lipinski definition) is 1. The largest absolute Gasteiger partial charge is 0.388 e. The van der Waals surface area contributed by atoms with Crippen LogP contribution in [0, 0.1) is 5.41 Å². The second-order valence-electron chi connectivity index (χ2n) is 11.3. The molecule has 1 saturated heterocycles. The third-order valence-electron chi connectivity index (χ3n) is 7.67. The summed E-state index contributed by atoms with van der Waals surface area (Å²) in [5, 5.41) is 14.1. The number of anilines is 1. The molecule has 1 amide bonds. The Hall–Kier alpha value is -2.64. The maximum Gasteiger partial charge on any atom is 0.227 e. The Morgan fingerprint density at radius 3 is 2.59 bits per heavy atom. The molecule has 1 spiro atoms. The van der Waals surface area contributed by atoms with Gasteiger partial charge in [-0.2, -0.15) is 5.10 Å². The molecular weight excluding hydrogens is 428 g/mol. The van der Waals surface area contributed by atoms with Crippen molar-refractivity contribution in [3.63, 3.8) is 0 Å². The van der Waals surface area contributed by atoms with E-state index < -0.39 is 0 Å². The zero-order valence-electron chi connectivity index (χ0n) is 21.1. The van der Waals surface area contributed by atoms with Crippen LogP contribution in [0.15, 0.2) is 17.5 Å². The van der Waals surface area contributed by atoms with Gasteiger partial charge in [-0.15, -0.1) is 0 Å². The second-order valence-corrected chi connectivity index (χ2v) is 11.3. The number of likely N-dealkylation sites (tertiary alicyclic amines) is 1. The molecule has 8 nitrogen and oxygen atoms in total. The third-order valence-corrected chi connectivity index (χ3v) is 7.67. The minimum atomic E-state index is -0.355. The van der Waals surface area contributed by atoms with Crippen molar-refractivity contribution in [2.45, 2.75) is 97.2 Å². The van der Waals surface area contributed by atoms with Crippen LogP contribution in [0.5, 0.6) is 0 Å². The predicted molar refractivity (Wildman–Crippen MR) is 134 cm³/mol. The lowest BCUT2D eigenvalue weighted by Crippen LogP contribution is -2.49. The Labute approximate surface area is 202 Å². The van der Waals surface area contributed by atoms with Gasteiger partial charge in [-0.05, 0) is 19.8 Å². The van der Waals surface area contributed by atoms with Crippen molar-refractivity contribution in [1.29, 1.82) is 0 Å². The van der Waals surface area contributed by atoms with E-state index in [1.54, 1.807) is 0 Å². The molecule has 1 aliphatic carbocycles. The Morgan fingerprint density at radius 1 is 1.18 bits per heavy atom. The smallest absolute Gasteiger partial charge is 0.227 e. The van der Waals surface area contributed by atoms with Gasteiger partial charge in [0.1, 0.15) is 5.60 Å². The number of nitrogens with one attached hydrogen (secondary N) is 1. The molecule has 0 atom stereocenters. The van der Waals surface area contributed by atoms with Crippen LogP contribution in [0.2, 0.25) is 0 Å². The van der Waals surface area contributed by atoms with Crippen LogP contribution in [0.4, 0.5) is 5.69 Å². The number of oxime groups is 1.